The molecule has 0 N–H and O–H groups in total. The average molecular weight is 661 g/mol. The molecule has 0 saturated carbocycles. The lowest BCUT2D eigenvalue weighted by molar-refractivity contribution is 1.17. The first-order chi connectivity index (χ1) is 25.8. The van der Waals surface area contributed by atoms with Gasteiger partial charge in [0.15, 0.2) is 5.82 Å². The van der Waals surface area contributed by atoms with Gasteiger partial charge in [-0.3, -0.25) is 0 Å². The molecular weight excluding hydrogens is 633 g/mol. The molecular formula is C48H28N4. The Balaban J connectivity index is 1.18. The largest absolute Gasteiger partial charge is 0.309 e. The molecule has 12 aromatic rings. The van der Waals surface area contributed by atoms with Crippen molar-refractivity contribution in [2.45, 2.75) is 0 Å². The molecule has 0 aliphatic rings. The summed E-state index contributed by atoms with van der Waals surface area (Å²) >= 11 is 0. The second-order valence-electron chi connectivity index (χ2n) is 13.8. The van der Waals surface area contributed by atoms with Crippen molar-refractivity contribution in [3.8, 4) is 28.3 Å². The molecule has 12 rings (SSSR count). The van der Waals surface area contributed by atoms with Crippen molar-refractivity contribution >= 4 is 81.6 Å². The van der Waals surface area contributed by atoms with Crippen LogP contribution < -0.4 is 0 Å². The van der Waals surface area contributed by atoms with Crippen LogP contribution in [-0.4, -0.2) is 18.9 Å². The Labute approximate surface area is 297 Å². The molecule has 0 atom stereocenters. The molecule has 0 spiro atoms. The van der Waals surface area contributed by atoms with E-state index in [4.69, 9.17) is 9.97 Å². The van der Waals surface area contributed by atoms with Crippen LogP contribution in [0.2, 0.25) is 0 Å². The molecule has 4 heteroatoms. The van der Waals surface area contributed by atoms with Crippen LogP contribution in [-0.2, 0) is 0 Å². The third kappa shape index (κ3) is 3.65. The van der Waals surface area contributed by atoms with E-state index in [1.165, 1.54) is 65.3 Å². The topological polar surface area (TPSA) is 35.1 Å². The number of rotatable bonds is 3. The van der Waals surface area contributed by atoms with E-state index in [-0.39, 0.29) is 0 Å². The number of benzene rings is 8. The summed E-state index contributed by atoms with van der Waals surface area (Å²) in [5.41, 5.74) is 11.1. The van der Waals surface area contributed by atoms with Gasteiger partial charge in [0.2, 0.25) is 0 Å². The summed E-state index contributed by atoms with van der Waals surface area (Å²) in [6, 6.07) is 61.1. The SMILES string of the molecule is c1ccc(-c2nc(-c3cccc(-n4c5cccc6c7ccccc7n7c8ccccc8c8ccc4c(c65)c87)c3)nc3c2ccc2ccccc23)cc1. The fourth-order valence-electron chi connectivity index (χ4n) is 8.84. The second kappa shape index (κ2) is 10.3. The van der Waals surface area contributed by atoms with Gasteiger partial charge in [0.25, 0.3) is 0 Å². The summed E-state index contributed by atoms with van der Waals surface area (Å²) in [5.74, 6) is 0.712. The summed E-state index contributed by atoms with van der Waals surface area (Å²) in [6.45, 7) is 0. The quantitative estimate of drug-likeness (QED) is 0.177. The first kappa shape index (κ1) is 27.7. The maximum atomic E-state index is 5.31. The van der Waals surface area contributed by atoms with Crippen LogP contribution >= 0.6 is 0 Å². The Morgan fingerprint density at radius 1 is 0.385 bits per heavy atom. The highest BCUT2D eigenvalue weighted by Crippen LogP contribution is 2.45. The normalized spacial score (nSPS) is 12.2. The smallest absolute Gasteiger partial charge is 0.160 e. The van der Waals surface area contributed by atoms with E-state index in [2.05, 4.69) is 179 Å². The predicted octanol–water partition coefficient (Wildman–Crippen LogP) is 12.4. The first-order valence-corrected chi connectivity index (χ1v) is 17.8. The first-order valence-electron chi connectivity index (χ1n) is 17.8. The molecule has 8 aromatic carbocycles. The van der Waals surface area contributed by atoms with E-state index in [0.717, 1.165) is 38.8 Å². The Morgan fingerprint density at radius 2 is 1.02 bits per heavy atom. The van der Waals surface area contributed by atoms with Crippen molar-refractivity contribution in [3.05, 3.63) is 170 Å². The summed E-state index contributed by atoms with van der Waals surface area (Å²) < 4.78 is 4.92. The highest BCUT2D eigenvalue weighted by atomic mass is 15.0. The Bertz CT molecular complexity index is 3410. The summed E-state index contributed by atoms with van der Waals surface area (Å²) in [6.07, 6.45) is 0. The van der Waals surface area contributed by atoms with Gasteiger partial charge in [-0.15, -0.1) is 0 Å². The predicted molar refractivity (Wildman–Crippen MR) is 217 cm³/mol. The van der Waals surface area contributed by atoms with Crippen molar-refractivity contribution in [3.63, 3.8) is 0 Å². The van der Waals surface area contributed by atoms with E-state index in [1.54, 1.807) is 0 Å². The number of aromatic nitrogens is 4. The third-order valence-electron chi connectivity index (χ3n) is 11.0. The van der Waals surface area contributed by atoms with E-state index >= 15 is 0 Å². The fraction of sp³-hybridized carbons (Fsp3) is 0. The van der Waals surface area contributed by atoms with Crippen LogP contribution in [0.1, 0.15) is 0 Å². The molecule has 0 fully saturated rings. The van der Waals surface area contributed by atoms with E-state index in [1.807, 2.05) is 0 Å². The van der Waals surface area contributed by atoms with Gasteiger partial charge < -0.3 is 8.97 Å². The summed E-state index contributed by atoms with van der Waals surface area (Å²) in [5, 5.41) is 10.9. The van der Waals surface area contributed by atoms with E-state index in [0.29, 0.717) is 5.82 Å². The Kier molecular flexibility index (Phi) is 5.47. The van der Waals surface area contributed by atoms with Crippen LogP contribution in [0.4, 0.5) is 0 Å². The van der Waals surface area contributed by atoms with Crippen LogP contribution in [0.25, 0.3) is 110 Å². The van der Waals surface area contributed by atoms with Gasteiger partial charge >= 0.3 is 0 Å². The molecule has 0 radical (unpaired) electrons. The standard InChI is InChI=1S/C48H28N4/c1-2-13-30(14-3-1)45-38-25-24-29-12-4-5-17-33(29)46(38)50-48(49-45)31-15-10-16-32(28-31)51-41-23-11-20-36-34-18-6-8-21-39(34)52-40-22-9-7-19-35(40)37-26-27-42(51)44(43(36)41)47(37)52/h1-28H. The molecule has 240 valence electrons. The number of nitrogens with zero attached hydrogens (tertiary/aromatic N) is 4. The maximum Gasteiger partial charge on any atom is 0.160 e. The van der Waals surface area contributed by atoms with Gasteiger partial charge in [0, 0.05) is 54.5 Å². The van der Waals surface area contributed by atoms with Crippen molar-refractivity contribution in [1.29, 1.82) is 0 Å². The van der Waals surface area contributed by atoms with E-state index in [9.17, 15) is 0 Å². The average Bonchev–Trinajstić information content (AvgIpc) is 3.69. The Morgan fingerprint density at radius 3 is 1.87 bits per heavy atom. The van der Waals surface area contributed by atoms with E-state index < -0.39 is 0 Å². The molecule has 0 saturated heterocycles. The van der Waals surface area contributed by atoms with Crippen molar-refractivity contribution in [2.24, 2.45) is 0 Å². The van der Waals surface area contributed by atoms with Crippen molar-refractivity contribution < 1.29 is 0 Å². The third-order valence-corrected chi connectivity index (χ3v) is 11.0. The molecule has 0 amide bonds. The molecule has 4 aromatic heterocycles. The lowest BCUT2D eigenvalue weighted by atomic mass is 10.0. The molecule has 52 heavy (non-hydrogen) atoms. The zero-order chi connectivity index (χ0) is 33.9. The number of para-hydroxylation sites is 2. The van der Waals surface area contributed by atoms with Gasteiger partial charge in [-0.1, -0.05) is 127 Å². The zero-order valence-corrected chi connectivity index (χ0v) is 28.0. The minimum absolute atomic E-state index is 0.712. The number of hydrogen-bond donors (Lipinski definition) is 0. The minimum atomic E-state index is 0.712. The molecule has 0 aliphatic heterocycles. The molecule has 0 unspecified atom stereocenters. The Hall–Kier alpha value is -7.04. The molecule has 0 aliphatic carbocycles. The number of fused-ring (bicyclic) bond motifs is 9. The maximum absolute atomic E-state index is 5.31. The van der Waals surface area contributed by atoms with Crippen LogP contribution in [0.3, 0.4) is 0 Å². The monoisotopic (exact) mass is 660 g/mol. The molecule has 4 heterocycles. The van der Waals surface area contributed by atoms with Crippen molar-refractivity contribution in [1.82, 2.24) is 18.9 Å². The lowest BCUT2D eigenvalue weighted by Gasteiger charge is -2.13. The molecule has 4 nitrogen and oxygen atoms in total. The number of hydrogen-bond acceptors (Lipinski definition) is 2. The summed E-state index contributed by atoms with van der Waals surface area (Å²) in [7, 11) is 0. The minimum Gasteiger partial charge on any atom is -0.309 e. The van der Waals surface area contributed by atoms with Crippen LogP contribution in [0.15, 0.2) is 170 Å². The van der Waals surface area contributed by atoms with Gasteiger partial charge in [0.1, 0.15) is 0 Å². The second-order valence-corrected chi connectivity index (χ2v) is 13.8. The van der Waals surface area contributed by atoms with Gasteiger partial charge in [-0.05, 0) is 53.2 Å². The highest BCUT2D eigenvalue weighted by Gasteiger charge is 2.23. The molecule has 0 bridgehead atoms. The van der Waals surface area contributed by atoms with Crippen molar-refractivity contribution in [2.75, 3.05) is 0 Å². The highest BCUT2D eigenvalue weighted by molar-refractivity contribution is 6.33. The summed E-state index contributed by atoms with van der Waals surface area (Å²) in [4.78, 5) is 10.6. The fourth-order valence-corrected chi connectivity index (χ4v) is 8.84. The zero-order valence-electron chi connectivity index (χ0n) is 28.0. The van der Waals surface area contributed by atoms with Gasteiger partial charge in [-0.2, -0.15) is 0 Å². The van der Waals surface area contributed by atoms with Crippen LogP contribution in [0, 0.1) is 0 Å². The lowest BCUT2D eigenvalue weighted by Crippen LogP contribution is -1.98. The van der Waals surface area contributed by atoms with Crippen LogP contribution in [0.5, 0.6) is 0 Å². The van der Waals surface area contributed by atoms with Gasteiger partial charge in [0.05, 0.1) is 38.8 Å². The van der Waals surface area contributed by atoms with Gasteiger partial charge in [-0.25, -0.2) is 9.97 Å².